The van der Waals surface area contributed by atoms with E-state index in [0.29, 0.717) is 0 Å². The Labute approximate surface area is 90.1 Å². The Bertz CT molecular complexity index is 343. The second-order valence-electron chi connectivity index (χ2n) is 3.99. The second kappa shape index (κ2) is 4.29. The standard InChI is InChI=1S/C11H17N3O/c1-8(15)14-11(2,3)9-5-6-10(12-4)13-7-9/h5-7H,1-4H3,(H,12,13)(H,14,15). The van der Waals surface area contributed by atoms with Crippen LogP contribution in [0.15, 0.2) is 18.3 Å². The van der Waals surface area contributed by atoms with Gasteiger partial charge in [0.1, 0.15) is 5.82 Å². The van der Waals surface area contributed by atoms with Gasteiger partial charge in [0, 0.05) is 20.2 Å². The van der Waals surface area contributed by atoms with Crippen molar-refractivity contribution in [2.24, 2.45) is 0 Å². The zero-order valence-corrected chi connectivity index (χ0v) is 9.59. The molecule has 0 atom stereocenters. The van der Waals surface area contributed by atoms with Crippen LogP contribution >= 0.6 is 0 Å². The molecule has 0 aliphatic heterocycles. The number of rotatable bonds is 3. The summed E-state index contributed by atoms with van der Waals surface area (Å²) in [6.45, 7) is 5.41. The summed E-state index contributed by atoms with van der Waals surface area (Å²) in [5, 5.41) is 5.82. The highest BCUT2D eigenvalue weighted by atomic mass is 16.1. The van der Waals surface area contributed by atoms with Crippen molar-refractivity contribution in [3.8, 4) is 0 Å². The predicted octanol–water partition coefficient (Wildman–Crippen LogP) is 1.49. The normalized spacial score (nSPS) is 10.9. The Morgan fingerprint density at radius 3 is 2.47 bits per heavy atom. The van der Waals surface area contributed by atoms with E-state index in [1.165, 1.54) is 6.92 Å². The van der Waals surface area contributed by atoms with E-state index in [-0.39, 0.29) is 11.4 Å². The molecule has 1 aromatic heterocycles. The summed E-state index contributed by atoms with van der Waals surface area (Å²) >= 11 is 0. The molecule has 0 saturated carbocycles. The van der Waals surface area contributed by atoms with Crippen molar-refractivity contribution in [3.05, 3.63) is 23.9 Å². The highest BCUT2D eigenvalue weighted by Crippen LogP contribution is 2.19. The molecule has 4 nitrogen and oxygen atoms in total. The van der Waals surface area contributed by atoms with Crippen molar-refractivity contribution in [3.63, 3.8) is 0 Å². The highest BCUT2D eigenvalue weighted by Gasteiger charge is 2.21. The minimum Gasteiger partial charge on any atom is -0.373 e. The Balaban J connectivity index is 2.89. The molecular formula is C11H17N3O. The number of hydrogen-bond acceptors (Lipinski definition) is 3. The lowest BCUT2D eigenvalue weighted by Crippen LogP contribution is -2.39. The van der Waals surface area contributed by atoms with Crippen LogP contribution in [-0.2, 0) is 10.3 Å². The maximum atomic E-state index is 11.0. The van der Waals surface area contributed by atoms with Gasteiger partial charge in [0.05, 0.1) is 5.54 Å². The second-order valence-corrected chi connectivity index (χ2v) is 3.99. The quantitative estimate of drug-likeness (QED) is 0.789. The van der Waals surface area contributed by atoms with Crippen LogP contribution in [0.4, 0.5) is 5.82 Å². The summed E-state index contributed by atoms with van der Waals surface area (Å²) in [5.41, 5.74) is 0.599. The molecule has 0 fully saturated rings. The zero-order chi connectivity index (χ0) is 11.5. The van der Waals surface area contributed by atoms with Gasteiger partial charge in [0.15, 0.2) is 0 Å². The Morgan fingerprint density at radius 2 is 2.07 bits per heavy atom. The van der Waals surface area contributed by atoms with Gasteiger partial charge in [0.25, 0.3) is 0 Å². The van der Waals surface area contributed by atoms with Gasteiger partial charge in [-0.05, 0) is 25.5 Å². The molecule has 0 unspecified atom stereocenters. The van der Waals surface area contributed by atoms with E-state index in [0.717, 1.165) is 11.4 Å². The van der Waals surface area contributed by atoms with Crippen LogP contribution in [0.5, 0.6) is 0 Å². The van der Waals surface area contributed by atoms with Gasteiger partial charge >= 0.3 is 0 Å². The fraction of sp³-hybridized carbons (Fsp3) is 0.455. The van der Waals surface area contributed by atoms with E-state index in [4.69, 9.17) is 0 Å². The average molecular weight is 207 g/mol. The van der Waals surface area contributed by atoms with Crippen LogP contribution in [0.25, 0.3) is 0 Å². The summed E-state index contributed by atoms with van der Waals surface area (Å²) in [6, 6.07) is 3.84. The molecule has 2 N–H and O–H groups in total. The predicted molar refractivity (Wildman–Crippen MR) is 60.6 cm³/mol. The van der Waals surface area contributed by atoms with E-state index in [1.54, 1.807) is 6.20 Å². The van der Waals surface area contributed by atoms with Crippen molar-refractivity contribution in [1.82, 2.24) is 10.3 Å². The van der Waals surface area contributed by atoms with Crippen LogP contribution in [0.1, 0.15) is 26.3 Å². The van der Waals surface area contributed by atoms with E-state index in [1.807, 2.05) is 33.0 Å². The molecule has 0 radical (unpaired) electrons. The lowest BCUT2D eigenvalue weighted by molar-refractivity contribution is -0.120. The molecule has 0 saturated heterocycles. The lowest BCUT2D eigenvalue weighted by atomic mass is 9.96. The molecule has 1 heterocycles. The number of anilines is 1. The Hall–Kier alpha value is -1.58. The number of carbonyl (C=O) groups excluding carboxylic acids is 1. The largest absolute Gasteiger partial charge is 0.373 e. The van der Waals surface area contributed by atoms with Crippen molar-refractivity contribution >= 4 is 11.7 Å². The van der Waals surface area contributed by atoms with Crippen LogP contribution in [0.2, 0.25) is 0 Å². The first-order valence-electron chi connectivity index (χ1n) is 4.89. The maximum Gasteiger partial charge on any atom is 0.217 e. The van der Waals surface area contributed by atoms with Crippen LogP contribution in [0.3, 0.4) is 0 Å². The Morgan fingerprint density at radius 1 is 1.40 bits per heavy atom. The summed E-state index contributed by atoms with van der Waals surface area (Å²) < 4.78 is 0. The third kappa shape index (κ3) is 2.94. The van der Waals surface area contributed by atoms with Crippen molar-refractivity contribution in [2.75, 3.05) is 12.4 Å². The third-order valence-corrected chi connectivity index (χ3v) is 2.23. The van der Waals surface area contributed by atoms with Gasteiger partial charge in [-0.1, -0.05) is 6.07 Å². The number of nitrogens with one attached hydrogen (secondary N) is 2. The maximum absolute atomic E-state index is 11.0. The summed E-state index contributed by atoms with van der Waals surface area (Å²) in [5.74, 6) is 0.773. The summed E-state index contributed by atoms with van der Waals surface area (Å²) in [4.78, 5) is 15.2. The first kappa shape index (κ1) is 11.5. The van der Waals surface area contributed by atoms with Crippen LogP contribution in [0, 0.1) is 0 Å². The molecule has 1 amide bonds. The first-order chi connectivity index (χ1) is 6.95. The van der Waals surface area contributed by atoms with Gasteiger partial charge < -0.3 is 10.6 Å². The third-order valence-electron chi connectivity index (χ3n) is 2.23. The van der Waals surface area contributed by atoms with E-state index in [2.05, 4.69) is 15.6 Å². The van der Waals surface area contributed by atoms with E-state index >= 15 is 0 Å². The fourth-order valence-corrected chi connectivity index (χ4v) is 1.42. The highest BCUT2D eigenvalue weighted by molar-refractivity contribution is 5.74. The van der Waals surface area contributed by atoms with Gasteiger partial charge in [-0.3, -0.25) is 4.79 Å². The number of amides is 1. The molecule has 0 bridgehead atoms. The SMILES string of the molecule is CNc1ccc(C(C)(C)NC(C)=O)cn1. The first-order valence-corrected chi connectivity index (χ1v) is 4.89. The molecule has 1 rings (SSSR count). The minimum absolute atomic E-state index is 0.0438. The smallest absolute Gasteiger partial charge is 0.217 e. The molecular weight excluding hydrogens is 190 g/mol. The lowest BCUT2D eigenvalue weighted by Gasteiger charge is -2.25. The van der Waals surface area contributed by atoms with Crippen molar-refractivity contribution in [2.45, 2.75) is 26.3 Å². The fourth-order valence-electron chi connectivity index (χ4n) is 1.42. The number of carbonyl (C=O) groups is 1. The van der Waals surface area contributed by atoms with E-state index < -0.39 is 0 Å². The minimum atomic E-state index is -0.384. The molecule has 0 aliphatic rings. The molecule has 15 heavy (non-hydrogen) atoms. The Kier molecular flexibility index (Phi) is 3.29. The van der Waals surface area contributed by atoms with Crippen LogP contribution < -0.4 is 10.6 Å². The van der Waals surface area contributed by atoms with E-state index in [9.17, 15) is 4.79 Å². The zero-order valence-electron chi connectivity index (χ0n) is 9.59. The number of pyridine rings is 1. The van der Waals surface area contributed by atoms with Gasteiger partial charge in [-0.15, -0.1) is 0 Å². The molecule has 4 heteroatoms. The molecule has 0 aliphatic carbocycles. The number of aromatic nitrogens is 1. The van der Waals surface area contributed by atoms with Gasteiger partial charge in [-0.25, -0.2) is 4.98 Å². The number of hydrogen-bond donors (Lipinski definition) is 2. The molecule has 0 aromatic carbocycles. The van der Waals surface area contributed by atoms with Gasteiger partial charge in [0.2, 0.25) is 5.91 Å². The average Bonchev–Trinajstić information content (AvgIpc) is 2.16. The summed E-state index contributed by atoms with van der Waals surface area (Å²) in [7, 11) is 1.82. The summed E-state index contributed by atoms with van der Waals surface area (Å²) in [6.07, 6.45) is 1.77. The monoisotopic (exact) mass is 207 g/mol. The topological polar surface area (TPSA) is 54.0 Å². The molecule has 1 aromatic rings. The molecule has 0 spiro atoms. The number of nitrogens with zero attached hydrogens (tertiary/aromatic N) is 1. The van der Waals surface area contributed by atoms with Crippen LogP contribution in [-0.4, -0.2) is 17.9 Å². The van der Waals surface area contributed by atoms with Crippen molar-refractivity contribution in [1.29, 1.82) is 0 Å². The van der Waals surface area contributed by atoms with Gasteiger partial charge in [-0.2, -0.15) is 0 Å². The molecule has 82 valence electrons. The van der Waals surface area contributed by atoms with Crippen molar-refractivity contribution < 1.29 is 4.79 Å².